The number of hydrogen-bond acceptors (Lipinski definition) is 2. The van der Waals surface area contributed by atoms with E-state index in [4.69, 9.17) is 5.11 Å². The van der Waals surface area contributed by atoms with E-state index in [-0.39, 0.29) is 6.04 Å². The molecule has 2 N–H and O–H groups in total. The Balaban J connectivity index is 2.44. The van der Waals surface area contributed by atoms with E-state index in [0.717, 1.165) is 6.42 Å². The highest BCUT2D eigenvalue weighted by atomic mass is 16.4. The molecule has 0 radical (unpaired) electrons. The van der Waals surface area contributed by atoms with Crippen molar-refractivity contribution in [3.63, 3.8) is 0 Å². The summed E-state index contributed by atoms with van der Waals surface area (Å²) in [5.74, 6) is -0.764. The van der Waals surface area contributed by atoms with Crippen LogP contribution in [-0.2, 0) is 4.79 Å². The smallest absolute Gasteiger partial charge is 0.326 e. The minimum atomic E-state index is -0.764. The summed E-state index contributed by atoms with van der Waals surface area (Å²) in [6.45, 7) is 0. The van der Waals surface area contributed by atoms with Gasteiger partial charge < -0.3 is 10.4 Å². The highest BCUT2D eigenvalue weighted by Gasteiger charge is 2.15. The number of rotatable bonds is 1. The maximum Gasteiger partial charge on any atom is 0.326 e. The number of carboxylic acid groups (broad SMARTS) is 1. The number of aliphatic carboxylic acids is 1. The van der Waals surface area contributed by atoms with Gasteiger partial charge in [0, 0.05) is 0 Å². The molecule has 1 rings (SSSR count). The monoisotopic (exact) mass is 127 g/mol. The Kier molecular flexibility index (Phi) is 1.72. The molecule has 3 nitrogen and oxygen atoms in total. The molecule has 0 saturated heterocycles. The molecule has 0 saturated carbocycles. The van der Waals surface area contributed by atoms with Crippen molar-refractivity contribution in [2.24, 2.45) is 0 Å². The summed E-state index contributed by atoms with van der Waals surface area (Å²) >= 11 is 0. The van der Waals surface area contributed by atoms with Gasteiger partial charge in [-0.3, -0.25) is 0 Å². The summed E-state index contributed by atoms with van der Waals surface area (Å²) < 4.78 is 0. The number of hydrogen-bond donors (Lipinski definition) is 2. The van der Waals surface area contributed by atoms with Crippen LogP contribution in [-0.4, -0.2) is 17.1 Å². The van der Waals surface area contributed by atoms with Gasteiger partial charge in [0.1, 0.15) is 6.04 Å². The summed E-state index contributed by atoms with van der Waals surface area (Å²) in [5.41, 5.74) is 0. The summed E-state index contributed by atoms with van der Waals surface area (Å²) in [6, 6.07) is -0.366. The van der Waals surface area contributed by atoms with Crippen LogP contribution in [0.1, 0.15) is 12.8 Å². The molecule has 0 fully saturated rings. The topological polar surface area (TPSA) is 49.3 Å². The van der Waals surface area contributed by atoms with E-state index in [1.807, 2.05) is 6.08 Å². The van der Waals surface area contributed by atoms with Gasteiger partial charge in [-0.15, -0.1) is 0 Å². The Hall–Kier alpha value is -0.990. The molecular weight excluding hydrogens is 118 g/mol. The maximum atomic E-state index is 10.3. The first-order valence-corrected chi connectivity index (χ1v) is 2.94. The number of carbonyl (C=O) groups is 1. The third-order valence-corrected chi connectivity index (χ3v) is 1.34. The van der Waals surface area contributed by atoms with Crippen molar-refractivity contribution in [1.29, 1.82) is 0 Å². The first-order valence-electron chi connectivity index (χ1n) is 2.94. The van der Waals surface area contributed by atoms with Crippen molar-refractivity contribution >= 4 is 5.97 Å². The van der Waals surface area contributed by atoms with Crippen LogP contribution in [0.25, 0.3) is 0 Å². The molecule has 0 unspecified atom stereocenters. The Bertz CT molecular complexity index is 142. The van der Waals surface area contributed by atoms with Gasteiger partial charge in [0.2, 0.25) is 0 Å². The number of allylic oxidation sites excluding steroid dienone is 1. The molecule has 0 aromatic heterocycles. The van der Waals surface area contributed by atoms with Crippen LogP contribution in [0.2, 0.25) is 0 Å². The van der Waals surface area contributed by atoms with Gasteiger partial charge in [-0.25, -0.2) is 4.79 Å². The van der Waals surface area contributed by atoms with Crippen LogP contribution in [0, 0.1) is 0 Å². The lowest BCUT2D eigenvalue weighted by Gasteiger charge is -2.14. The second-order valence-corrected chi connectivity index (χ2v) is 2.04. The summed E-state index contributed by atoms with van der Waals surface area (Å²) in [7, 11) is 0. The second-order valence-electron chi connectivity index (χ2n) is 2.04. The second kappa shape index (κ2) is 2.53. The lowest BCUT2D eigenvalue weighted by Crippen LogP contribution is -2.34. The fraction of sp³-hybridized carbons (Fsp3) is 0.500. The lowest BCUT2D eigenvalue weighted by atomic mass is 10.1. The van der Waals surface area contributed by atoms with Gasteiger partial charge in [0.15, 0.2) is 0 Å². The molecule has 1 atom stereocenters. The average molecular weight is 127 g/mol. The average Bonchev–Trinajstić information content (AvgIpc) is 1.90. The molecule has 50 valence electrons. The Morgan fingerprint density at radius 2 is 2.56 bits per heavy atom. The fourth-order valence-electron chi connectivity index (χ4n) is 0.809. The van der Waals surface area contributed by atoms with Crippen molar-refractivity contribution in [3.8, 4) is 0 Å². The van der Waals surface area contributed by atoms with Crippen molar-refractivity contribution in [2.75, 3.05) is 0 Å². The van der Waals surface area contributed by atoms with E-state index < -0.39 is 5.97 Å². The first-order chi connectivity index (χ1) is 4.30. The van der Waals surface area contributed by atoms with Crippen LogP contribution >= 0.6 is 0 Å². The van der Waals surface area contributed by atoms with Gasteiger partial charge in [0.25, 0.3) is 0 Å². The third-order valence-electron chi connectivity index (χ3n) is 1.34. The molecule has 9 heavy (non-hydrogen) atoms. The van der Waals surface area contributed by atoms with Crippen LogP contribution in [0.4, 0.5) is 0 Å². The Morgan fingerprint density at radius 3 is 2.89 bits per heavy atom. The molecule has 1 heterocycles. The van der Waals surface area contributed by atoms with E-state index >= 15 is 0 Å². The van der Waals surface area contributed by atoms with E-state index in [0.29, 0.717) is 6.42 Å². The van der Waals surface area contributed by atoms with Crippen LogP contribution in [0.3, 0.4) is 0 Å². The molecule has 1 aliphatic rings. The molecule has 3 heteroatoms. The Morgan fingerprint density at radius 1 is 1.78 bits per heavy atom. The number of carboxylic acids is 1. The van der Waals surface area contributed by atoms with E-state index in [1.165, 1.54) is 0 Å². The molecule has 1 aliphatic heterocycles. The zero-order valence-corrected chi connectivity index (χ0v) is 5.00. The SMILES string of the molecule is O=C(O)[C@@H]1CCC=CN1. The molecule has 0 bridgehead atoms. The largest absolute Gasteiger partial charge is 0.480 e. The third kappa shape index (κ3) is 1.45. The van der Waals surface area contributed by atoms with Crippen molar-refractivity contribution in [1.82, 2.24) is 5.32 Å². The lowest BCUT2D eigenvalue weighted by molar-refractivity contribution is -0.139. The van der Waals surface area contributed by atoms with Gasteiger partial charge in [-0.05, 0) is 19.0 Å². The van der Waals surface area contributed by atoms with Crippen molar-refractivity contribution in [2.45, 2.75) is 18.9 Å². The normalized spacial score (nSPS) is 25.1. The first kappa shape index (κ1) is 6.13. The summed E-state index contributed by atoms with van der Waals surface area (Å²) in [4.78, 5) is 10.3. The van der Waals surface area contributed by atoms with Gasteiger partial charge >= 0.3 is 5.97 Å². The van der Waals surface area contributed by atoms with Crippen LogP contribution < -0.4 is 5.32 Å². The predicted molar refractivity (Wildman–Crippen MR) is 32.9 cm³/mol. The molecule has 0 aromatic rings. The molecular formula is C6H9NO2. The highest BCUT2D eigenvalue weighted by Crippen LogP contribution is 2.02. The fourth-order valence-corrected chi connectivity index (χ4v) is 0.809. The zero-order valence-electron chi connectivity index (χ0n) is 5.00. The van der Waals surface area contributed by atoms with Gasteiger partial charge in [-0.1, -0.05) is 6.08 Å². The predicted octanol–water partition coefficient (Wildman–Crippen LogP) is 0.337. The highest BCUT2D eigenvalue weighted by molar-refractivity contribution is 5.73. The van der Waals surface area contributed by atoms with Gasteiger partial charge in [0.05, 0.1) is 0 Å². The van der Waals surface area contributed by atoms with E-state index in [2.05, 4.69) is 5.32 Å². The summed E-state index contributed by atoms with van der Waals surface area (Å²) in [5, 5.41) is 11.2. The maximum absolute atomic E-state index is 10.3. The molecule has 0 amide bonds. The number of nitrogens with one attached hydrogen (secondary N) is 1. The minimum absolute atomic E-state index is 0.366. The zero-order chi connectivity index (χ0) is 6.69. The van der Waals surface area contributed by atoms with Crippen LogP contribution in [0.15, 0.2) is 12.3 Å². The van der Waals surface area contributed by atoms with Crippen molar-refractivity contribution in [3.05, 3.63) is 12.3 Å². The Labute approximate surface area is 53.4 Å². The summed E-state index contributed by atoms with van der Waals surface area (Å²) in [6.07, 6.45) is 5.19. The standard InChI is InChI=1S/C6H9NO2/c8-6(9)5-3-1-2-4-7-5/h2,4-5,7H,1,3H2,(H,8,9)/t5-/m0/s1. The molecule has 0 aliphatic carbocycles. The van der Waals surface area contributed by atoms with Gasteiger partial charge in [-0.2, -0.15) is 0 Å². The van der Waals surface area contributed by atoms with E-state index in [9.17, 15) is 4.79 Å². The molecule has 0 spiro atoms. The molecule has 0 aromatic carbocycles. The quantitative estimate of drug-likeness (QED) is 0.534. The van der Waals surface area contributed by atoms with Crippen molar-refractivity contribution < 1.29 is 9.90 Å². The minimum Gasteiger partial charge on any atom is -0.480 e. The van der Waals surface area contributed by atoms with Crippen LogP contribution in [0.5, 0.6) is 0 Å². The van der Waals surface area contributed by atoms with E-state index in [1.54, 1.807) is 6.20 Å².